The van der Waals surface area contributed by atoms with Crippen LogP contribution in [0.5, 0.6) is 5.75 Å². The smallest absolute Gasteiger partial charge is 0.122 e. The average molecular weight is 341 g/mol. The summed E-state index contributed by atoms with van der Waals surface area (Å²) in [4.78, 5) is 0. The summed E-state index contributed by atoms with van der Waals surface area (Å²) in [6.45, 7) is 3.04. The third-order valence-electron chi connectivity index (χ3n) is 3.93. The van der Waals surface area contributed by atoms with Crippen LogP contribution in [0.1, 0.15) is 76.7 Å². The molecule has 23 heavy (non-hydrogen) atoms. The average Bonchev–Trinajstić information content (AvgIpc) is 2.53. The molecule has 0 unspecified atom stereocenters. The first-order chi connectivity index (χ1) is 10.7. The Kier molecular flexibility index (Phi) is 13.6. The van der Waals surface area contributed by atoms with Crippen LogP contribution in [-0.2, 0) is 0 Å². The lowest BCUT2D eigenvalue weighted by Gasteiger charge is -2.07. The first kappa shape index (κ1) is 21.8. The van der Waals surface area contributed by atoms with Crippen LogP contribution in [0.25, 0.3) is 0 Å². The maximum Gasteiger partial charge on any atom is 0.122 e. The quantitative estimate of drug-likeness (QED) is 0.275. The van der Waals surface area contributed by atoms with E-state index in [4.69, 9.17) is 15.9 Å². The van der Waals surface area contributed by atoms with E-state index in [1.807, 2.05) is 24.3 Å². The second-order valence-corrected chi connectivity index (χ2v) is 5.97. The molecule has 0 saturated heterocycles. The molecule has 0 aliphatic heterocycles. The van der Waals surface area contributed by atoms with Crippen molar-refractivity contribution in [3.8, 4) is 5.75 Å². The molecule has 0 aliphatic rings. The number of ether oxygens (including phenoxy) is 1. The van der Waals surface area contributed by atoms with Gasteiger partial charge in [0.1, 0.15) is 11.6 Å². The van der Waals surface area contributed by atoms with Gasteiger partial charge in [0, 0.05) is 5.56 Å². The molecule has 0 radical (unpaired) electrons. The number of rotatable bonds is 13. The van der Waals surface area contributed by atoms with Gasteiger partial charge in [-0.3, -0.25) is 5.41 Å². The predicted octanol–water partition coefficient (Wildman–Crippen LogP) is 5.69. The molecule has 0 bridgehead atoms. The van der Waals surface area contributed by atoms with Crippen molar-refractivity contribution < 1.29 is 4.74 Å². The van der Waals surface area contributed by atoms with Gasteiger partial charge in [0.15, 0.2) is 0 Å². The number of nitrogens with one attached hydrogen (secondary N) is 1. The third-order valence-corrected chi connectivity index (χ3v) is 3.93. The highest BCUT2D eigenvalue weighted by molar-refractivity contribution is 5.94. The predicted molar refractivity (Wildman–Crippen MR) is 102 cm³/mol. The third kappa shape index (κ3) is 11.0. The monoisotopic (exact) mass is 340 g/mol. The van der Waals surface area contributed by atoms with Crippen LogP contribution in [0.2, 0.25) is 0 Å². The number of nitrogens with two attached hydrogens (primary N) is 1. The maximum absolute atomic E-state index is 7.34. The van der Waals surface area contributed by atoms with Gasteiger partial charge in [-0.1, -0.05) is 64.7 Å². The summed E-state index contributed by atoms with van der Waals surface area (Å²) in [5.74, 6) is 0.960. The zero-order valence-electron chi connectivity index (χ0n) is 14.5. The van der Waals surface area contributed by atoms with E-state index in [2.05, 4.69) is 6.92 Å². The minimum Gasteiger partial charge on any atom is -0.494 e. The molecule has 1 aromatic rings. The van der Waals surface area contributed by atoms with Crippen LogP contribution in [-0.4, -0.2) is 12.4 Å². The fourth-order valence-corrected chi connectivity index (χ4v) is 2.51. The van der Waals surface area contributed by atoms with Gasteiger partial charge in [-0.2, -0.15) is 0 Å². The minimum absolute atomic E-state index is 0. The van der Waals surface area contributed by atoms with Crippen LogP contribution in [0.15, 0.2) is 24.3 Å². The molecule has 0 aromatic heterocycles. The van der Waals surface area contributed by atoms with Gasteiger partial charge in [-0.25, -0.2) is 0 Å². The summed E-state index contributed by atoms with van der Waals surface area (Å²) < 4.78 is 5.70. The Morgan fingerprint density at radius 2 is 1.35 bits per heavy atom. The van der Waals surface area contributed by atoms with Crippen molar-refractivity contribution in [2.24, 2.45) is 5.73 Å². The minimum atomic E-state index is 0. The summed E-state index contributed by atoms with van der Waals surface area (Å²) in [5.41, 5.74) is 6.16. The van der Waals surface area contributed by atoms with E-state index < -0.39 is 0 Å². The molecule has 1 rings (SSSR count). The Morgan fingerprint density at radius 3 is 1.83 bits per heavy atom. The normalized spacial score (nSPS) is 10.1. The van der Waals surface area contributed by atoms with Crippen molar-refractivity contribution in [1.82, 2.24) is 0 Å². The molecule has 132 valence electrons. The molecule has 0 aliphatic carbocycles. The summed E-state index contributed by atoms with van der Waals surface area (Å²) >= 11 is 0. The lowest BCUT2D eigenvalue weighted by atomic mass is 10.1. The largest absolute Gasteiger partial charge is 0.494 e. The highest BCUT2D eigenvalue weighted by Gasteiger charge is 1.98. The zero-order chi connectivity index (χ0) is 16.0. The number of unbranched alkanes of at least 4 members (excludes halogenated alkanes) is 9. The van der Waals surface area contributed by atoms with E-state index in [0.717, 1.165) is 24.3 Å². The van der Waals surface area contributed by atoms with E-state index in [-0.39, 0.29) is 18.2 Å². The standard InChI is InChI=1S/C19H32N2O.ClH/c1-2-3-4-5-6-7-8-9-10-11-16-22-18-14-12-17(13-15-18)19(20)21;/h12-15H,2-11,16H2,1H3,(H3,20,21);1H. The summed E-state index contributed by atoms with van der Waals surface area (Å²) in [6, 6.07) is 7.42. The molecule has 0 spiro atoms. The number of amidine groups is 1. The summed E-state index contributed by atoms with van der Waals surface area (Å²) in [6.07, 6.45) is 13.4. The van der Waals surface area contributed by atoms with Crippen molar-refractivity contribution in [2.45, 2.75) is 71.1 Å². The molecule has 4 heteroatoms. The number of benzene rings is 1. The van der Waals surface area contributed by atoms with Crippen molar-refractivity contribution in [2.75, 3.05) is 6.61 Å². The van der Waals surface area contributed by atoms with E-state index in [1.165, 1.54) is 57.8 Å². The van der Waals surface area contributed by atoms with Crippen molar-refractivity contribution >= 4 is 18.2 Å². The molecule has 0 saturated carbocycles. The number of hydrogen-bond donors (Lipinski definition) is 2. The van der Waals surface area contributed by atoms with E-state index in [0.29, 0.717) is 0 Å². The highest BCUT2D eigenvalue weighted by Crippen LogP contribution is 2.14. The van der Waals surface area contributed by atoms with Crippen LogP contribution < -0.4 is 10.5 Å². The second-order valence-electron chi connectivity index (χ2n) is 5.97. The Bertz CT molecular complexity index is 406. The maximum atomic E-state index is 7.34. The summed E-state index contributed by atoms with van der Waals surface area (Å²) in [5, 5.41) is 7.34. The van der Waals surface area contributed by atoms with Crippen molar-refractivity contribution in [1.29, 1.82) is 5.41 Å². The van der Waals surface area contributed by atoms with Crippen LogP contribution >= 0.6 is 12.4 Å². The zero-order valence-corrected chi connectivity index (χ0v) is 15.3. The Morgan fingerprint density at radius 1 is 0.870 bits per heavy atom. The van der Waals surface area contributed by atoms with Gasteiger partial charge in [-0.15, -0.1) is 12.4 Å². The molecule has 3 nitrogen and oxygen atoms in total. The summed E-state index contributed by atoms with van der Waals surface area (Å²) in [7, 11) is 0. The molecule has 3 N–H and O–H groups in total. The second kappa shape index (κ2) is 14.4. The molecule has 1 aromatic carbocycles. The molecular formula is C19H33ClN2O. The van der Waals surface area contributed by atoms with Gasteiger partial charge in [-0.05, 0) is 30.7 Å². The van der Waals surface area contributed by atoms with Crippen molar-refractivity contribution in [3.63, 3.8) is 0 Å². The Hall–Kier alpha value is -1.22. The van der Waals surface area contributed by atoms with E-state index >= 15 is 0 Å². The first-order valence-electron chi connectivity index (χ1n) is 8.81. The van der Waals surface area contributed by atoms with Gasteiger partial charge < -0.3 is 10.5 Å². The lowest BCUT2D eigenvalue weighted by molar-refractivity contribution is 0.304. The molecule has 0 heterocycles. The first-order valence-corrected chi connectivity index (χ1v) is 8.81. The fraction of sp³-hybridized carbons (Fsp3) is 0.632. The van der Waals surface area contributed by atoms with Gasteiger partial charge in [0.05, 0.1) is 6.61 Å². The van der Waals surface area contributed by atoms with Gasteiger partial charge in [0.25, 0.3) is 0 Å². The Labute approximate surface area is 147 Å². The molecular weight excluding hydrogens is 308 g/mol. The highest BCUT2D eigenvalue weighted by atomic mass is 35.5. The van der Waals surface area contributed by atoms with Crippen LogP contribution in [0, 0.1) is 5.41 Å². The number of halogens is 1. The lowest BCUT2D eigenvalue weighted by Crippen LogP contribution is -2.10. The topological polar surface area (TPSA) is 59.1 Å². The SMILES string of the molecule is CCCCCCCCCCCCOc1ccc(C(=N)N)cc1.Cl. The molecule has 0 atom stereocenters. The number of nitrogen functional groups attached to an aromatic ring is 1. The molecule has 0 fully saturated rings. The van der Waals surface area contributed by atoms with Crippen LogP contribution in [0.3, 0.4) is 0 Å². The fourth-order valence-electron chi connectivity index (χ4n) is 2.51. The number of hydrogen-bond acceptors (Lipinski definition) is 2. The van der Waals surface area contributed by atoms with E-state index in [1.54, 1.807) is 0 Å². The Balaban J connectivity index is 0.00000484. The van der Waals surface area contributed by atoms with Crippen LogP contribution in [0.4, 0.5) is 0 Å². The van der Waals surface area contributed by atoms with Crippen molar-refractivity contribution in [3.05, 3.63) is 29.8 Å². The van der Waals surface area contributed by atoms with Gasteiger partial charge in [0.2, 0.25) is 0 Å². The van der Waals surface area contributed by atoms with E-state index in [9.17, 15) is 0 Å². The molecule has 0 amide bonds. The van der Waals surface area contributed by atoms with Gasteiger partial charge >= 0.3 is 0 Å².